The number of hydrogen-bond donors (Lipinski definition) is 10. The number of aromatic hydroxyl groups is 3. The first-order valence-electron chi connectivity index (χ1n) is 12.6. The number of phenolic OH excluding ortho intramolecular Hbond substituents is 3. The Morgan fingerprint density at radius 2 is 1.43 bits per heavy atom. The zero-order chi connectivity index (χ0) is 30.5. The minimum Gasteiger partial charge on any atom is -0.508 e. The molecule has 2 fully saturated rings. The molecule has 3 aromatic rings. The summed E-state index contributed by atoms with van der Waals surface area (Å²) in [4.78, 5) is 13.3. The maximum atomic E-state index is 13.3. The third kappa shape index (κ3) is 5.19. The normalized spacial score (nSPS) is 31.6. The first kappa shape index (κ1) is 29.8. The standard InChI is InChI=1S/C26H28O16/c27-6-13-16(32)18(34)20(36)26(40-13)42-24-21(37)23(41-25-19(35)15(31)11(30)7-38-25)17(33)14-10(29)5-12(39-22(14)24)8-1-3-9(28)4-2-8/h1-5,11,13,15-16,18-20,25-28,30-37H,6-7H2/t11-,13+,15-,16+,18-,19+,20+,25?,26?/m0/s1. The molecule has 2 aliphatic rings. The largest absolute Gasteiger partial charge is 0.508 e. The molecule has 16 nitrogen and oxygen atoms in total. The number of benzene rings is 2. The summed E-state index contributed by atoms with van der Waals surface area (Å²) in [5.74, 6) is -3.99. The van der Waals surface area contributed by atoms with E-state index in [1.54, 1.807) is 0 Å². The number of fused-ring (bicyclic) bond motifs is 1. The number of ether oxygens (including phenoxy) is 4. The minimum absolute atomic E-state index is 0.0876. The fourth-order valence-electron chi connectivity index (χ4n) is 4.58. The molecule has 2 aliphatic heterocycles. The van der Waals surface area contributed by atoms with Crippen molar-refractivity contribution in [1.82, 2.24) is 0 Å². The van der Waals surface area contributed by atoms with Gasteiger partial charge in [0.25, 0.3) is 0 Å². The van der Waals surface area contributed by atoms with Gasteiger partial charge in [-0.05, 0) is 24.3 Å². The highest BCUT2D eigenvalue weighted by Gasteiger charge is 2.46. The Morgan fingerprint density at radius 1 is 0.786 bits per heavy atom. The summed E-state index contributed by atoms with van der Waals surface area (Å²) in [5, 5.41) is 102. The van der Waals surface area contributed by atoms with Crippen molar-refractivity contribution in [2.75, 3.05) is 13.2 Å². The van der Waals surface area contributed by atoms with Gasteiger partial charge in [-0.15, -0.1) is 0 Å². The number of aliphatic hydroxyl groups is 7. The summed E-state index contributed by atoms with van der Waals surface area (Å²) in [7, 11) is 0. The van der Waals surface area contributed by atoms with Crippen molar-refractivity contribution in [3.8, 4) is 40.1 Å². The van der Waals surface area contributed by atoms with E-state index in [0.717, 1.165) is 6.07 Å². The second-order valence-electron chi connectivity index (χ2n) is 9.76. The van der Waals surface area contributed by atoms with Crippen LogP contribution in [-0.2, 0) is 9.47 Å². The SMILES string of the molecule is O=c1cc(-c2ccc(O)cc2)oc2c(OC3O[C@H](CO)[C@@H](O)[C@H](O)[C@H]3O)c(O)c(OC3OC[C@H](O)[C@H](O)[C@H]3O)c(O)c12. The molecular weight excluding hydrogens is 568 g/mol. The van der Waals surface area contributed by atoms with Crippen LogP contribution in [0.2, 0.25) is 0 Å². The van der Waals surface area contributed by atoms with Crippen molar-refractivity contribution in [3.63, 3.8) is 0 Å². The van der Waals surface area contributed by atoms with Crippen molar-refractivity contribution < 1.29 is 74.4 Å². The van der Waals surface area contributed by atoms with Gasteiger partial charge in [0.05, 0.1) is 13.2 Å². The Kier molecular flexibility index (Phi) is 8.17. The van der Waals surface area contributed by atoms with E-state index in [-0.39, 0.29) is 17.1 Å². The predicted octanol–water partition coefficient (Wildman–Crippen LogP) is -2.43. The number of aliphatic hydroxyl groups excluding tert-OH is 7. The molecule has 0 saturated carbocycles. The molecule has 0 aliphatic carbocycles. The molecule has 3 heterocycles. The van der Waals surface area contributed by atoms with Gasteiger partial charge < -0.3 is 74.4 Å². The van der Waals surface area contributed by atoms with Crippen LogP contribution in [0.4, 0.5) is 0 Å². The Morgan fingerprint density at radius 3 is 2.10 bits per heavy atom. The van der Waals surface area contributed by atoms with E-state index < -0.39 is 108 Å². The average molecular weight is 596 g/mol. The van der Waals surface area contributed by atoms with Gasteiger partial charge in [-0.3, -0.25) is 4.79 Å². The Hall–Kier alpha value is -3.71. The lowest BCUT2D eigenvalue weighted by Crippen LogP contribution is -2.60. The third-order valence-corrected chi connectivity index (χ3v) is 6.96. The van der Waals surface area contributed by atoms with Crippen LogP contribution in [0.15, 0.2) is 39.5 Å². The van der Waals surface area contributed by atoms with Crippen LogP contribution >= 0.6 is 0 Å². The van der Waals surface area contributed by atoms with Gasteiger partial charge in [-0.25, -0.2) is 0 Å². The fraction of sp³-hybridized carbons (Fsp3) is 0.423. The molecule has 2 aromatic carbocycles. The summed E-state index contributed by atoms with van der Waals surface area (Å²) < 4.78 is 27.3. The van der Waals surface area contributed by atoms with Gasteiger partial charge in [0.15, 0.2) is 16.8 Å². The van der Waals surface area contributed by atoms with E-state index in [1.165, 1.54) is 24.3 Å². The summed E-state index contributed by atoms with van der Waals surface area (Å²) in [6.07, 6.45) is -15.8. The smallest absolute Gasteiger partial charge is 0.229 e. The molecule has 2 unspecified atom stereocenters. The summed E-state index contributed by atoms with van der Waals surface area (Å²) in [6.45, 7) is -1.32. The van der Waals surface area contributed by atoms with Crippen molar-refractivity contribution in [1.29, 1.82) is 0 Å². The molecule has 5 rings (SSSR count). The quantitative estimate of drug-likeness (QED) is 0.142. The van der Waals surface area contributed by atoms with Gasteiger partial charge in [0.2, 0.25) is 29.8 Å². The zero-order valence-electron chi connectivity index (χ0n) is 21.4. The van der Waals surface area contributed by atoms with Crippen LogP contribution in [0.1, 0.15) is 0 Å². The Balaban J connectivity index is 1.66. The lowest BCUT2D eigenvalue weighted by Gasteiger charge is -2.39. The topological polar surface area (TPSA) is 269 Å². The van der Waals surface area contributed by atoms with E-state index >= 15 is 0 Å². The van der Waals surface area contributed by atoms with Gasteiger partial charge >= 0.3 is 0 Å². The molecule has 9 atom stereocenters. The van der Waals surface area contributed by atoms with E-state index in [1.807, 2.05) is 0 Å². The molecular formula is C26H28O16. The molecule has 1 aromatic heterocycles. The van der Waals surface area contributed by atoms with Crippen LogP contribution in [0, 0.1) is 0 Å². The van der Waals surface area contributed by atoms with Crippen molar-refractivity contribution in [3.05, 3.63) is 40.6 Å². The lowest BCUT2D eigenvalue weighted by atomic mass is 9.99. The van der Waals surface area contributed by atoms with Crippen LogP contribution in [-0.4, -0.2) is 120 Å². The van der Waals surface area contributed by atoms with Gasteiger partial charge in [-0.2, -0.15) is 0 Å². The number of phenols is 3. The fourth-order valence-corrected chi connectivity index (χ4v) is 4.58. The highest BCUT2D eigenvalue weighted by atomic mass is 16.7. The van der Waals surface area contributed by atoms with Crippen LogP contribution in [0.3, 0.4) is 0 Å². The van der Waals surface area contributed by atoms with Crippen molar-refractivity contribution in [2.45, 2.75) is 55.3 Å². The van der Waals surface area contributed by atoms with Crippen molar-refractivity contribution in [2.24, 2.45) is 0 Å². The molecule has 2 saturated heterocycles. The highest BCUT2D eigenvalue weighted by Crippen LogP contribution is 2.51. The predicted molar refractivity (Wildman–Crippen MR) is 136 cm³/mol. The molecule has 228 valence electrons. The molecule has 0 bridgehead atoms. The first-order chi connectivity index (χ1) is 19.9. The van der Waals surface area contributed by atoms with E-state index in [9.17, 15) is 55.9 Å². The second kappa shape index (κ2) is 11.5. The molecule has 0 radical (unpaired) electrons. The number of hydrogen-bond acceptors (Lipinski definition) is 16. The molecule has 16 heteroatoms. The average Bonchev–Trinajstić information content (AvgIpc) is 2.97. The third-order valence-electron chi connectivity index (χ3n) is 6.96. The minimum atomic E-state index is -1.97. The molecule has 0 spiro atoms. The summed E-state index contributed by atoms with van der Waals surface area (Å²) in [6, 6.07) is 6.38. The van der Waals surface area contributed by atoms with Crippen LogP contribution in [0.25, 0.3) is 22.3 Å². The van der Waals surface area contributed by atoms with Gasteiger partial charge in [0, 0.05) is 11.6 Å². The lowest BCUT2D eigenvalue weighted by molar-refractivity contribution is -0.277. The Bertz CT molecular complexity index is 1490. The second-order valence-corrected chi connectivity index (χ2v) is 9.76. The van der Waals surface area contributed by atoms with Crippen molar-refractivity contribution >= 4 is 11.0 Å². The van der Waals surface area contributed by atoms with Gasteiger partial charge in [0.1, 0.15) is 59.6 Å². The summed E-state index contributed by atoms with van der Waals surface area (Å²) >= 11 is 0. The van der Waals surface area contributed by atoms with E-state index in [2.05, 4.69) is 0 Å². The summed E-state index contributed by atoms with van der Waals surface area (Å²) in [5.41, 5.74) is -1.23. The maximum Gasteiger partial charge on any atom is 0.229 e. The molecule has 42 heavy (non-hydrogen) atoms. The molecule has 0 amide bonds. The number of rotatable bonds is 6. The van der Waals surface area contributed by atoms with Crippen LogP contribution < -0.4 is 14.9 Å². The Labute approximate surface area is 235 Å². The highest BCUT2D eigenvalue weighted by molar-refractivity contribution is 5.95. The maximum absolute atomic E-state index is 13.3. The monoisotopic (exact) mass is 596 g/mol. The molecule has 10 N–H and O–H groups in total. The first-order valence-corrected chi connectivity index (χ1v) is 12.6. The zero-order valence-corrected chi connectivity index (χ0v) is 21.4. The van der Waals surface area contributed by atoms with E-state index in [4.69, 9.17) is 23.4 Å². The van der Waals surface area contributed by atoms with E-state index in [0.29, 0.717) is 0 Å². The van der Waals surface area contributed by atoms with Gasteiger partial charge in [-0.1, -0.05) is 0 Å². The van der Waals surface area contributed by atoms with Crippen LogP contribution in [0.5, 0.6) is 28.7 Å².